The van der Waals surface area contributed by atoms with Gasteiger partial charge in [0, 0.05) is 37.2 Å². The Hall–Kier alpha value is -2.40. The zero-order chi connectivity index (χ0) is 26.3. The van der Waals surface area contributed by atoms with Crippen LogP contribution in [0.4, 0.5) is 10.1 Å². The maximum Gasteiger partial charge on any atom is 0.304 e. The predicted octanol–water partition coefficient (Wildman–Crippen LogP) is 3.69. The summed E-state index contributed by atoms with van der Waals surface area (Å²) in [5, 5.41) is 3.45. The second-order valence-electron chi connectivity index (χ2n) is 8.00. The van der Waals surface area contributed by atoms with E-state index in [0.717, 1.165) is 20.7 Å². The maximum absolute atomic E-state index is 13.5. The number of halogens is 3. The minimum atomic E-state index is -4.13. The van der Waals surface area contributed by atoms with Crippen LogP contribution < -0.4 is 9.62 Å². The standard InChI is InChI=1S/C23H29Cl2FN4O4S/c1-5-12-27-23(32)16(2)29(14-17-6-7-18(24)13-21(17)25)22(31)15-30(35(33,34)28(3)4)20-10-8-19(26)9-11-20/h6-11,13,16H,5,12,14-15H2,1-4H3,(H,27,32)/t16-/m1/s1. The quantitative estimate of drug-likeness (QED) is 0.465. The fourth-order valence-corrected chi connectivity index (χ4v) is 4.66. The van der Waals surface area contributed by atoms with Crippen LogP contribution in [0.5, 0.6) is 0 Å². The summed E-state index contributed by atoms with van der Waals surface area (Å²) >= 11 is 12.3. The summed E-state index contributed by atoms with van der Waals surface area (Å²) < 4.78 is 41.4. The maximum atomic E-state index is 13.5. The molecular weight excluding hydrogens is 518 g/mol. The first-order valence-corrected chi connectivity index (χ1v) is 13.0. The SMILES string of the molecule is CCCNC(=O)[C@@H](C)N(Cc1ccc(Cl)cc1Cl)C(=O)CN(c1ccc(F)cc1)S(=O)(=O)N(C)C. The fourth-order valence-electron chi connectivity index (χ4n) is 3.14. The van der Waals surface area contributed by atoms with Crippen LogP contribution >= 0.6 is 23.2 Å². The van der Waals surface area contributed by atoms with Crippen LogP contribution in [0.15, 0.2) is 42.5 Å². The topological polar surface area (TPSA) is 90.0 Å². The van der Waals surface area contributed by atoms with Gasteiger partial charge in [0.25, 0.3) is 0 Å². The van der Waals surface area contributed by atoms with Gasteiger partial charge < -0.3 is 10.2 Å². The molecule has 2 rings (SSSR count). The van der Waals surface area contributed by atoms with E-state index in [2.05, 4.69) is 5.32 Å². The summed E-state index contributed by atoms with van der Waals surface area (Å²) in [6.07, 6.45) is 0.703. The van der Waals surface area contributed by atoms with Crippen molar-refractivity contribution >= 4 is 50.9 Å². The van der Waals surface area contributed by atoms with E-state index >= 15 is 0 Å². The largest absolute Gasteiger partial charge is 0.354 e. The number of carbonyl (C=O) groups excluding carboxylic acids is 2. The van der Waals surface area contributed by atoms with Crippen molar-refractivity contribution in [2.75, 3.05) is 31.5 Å². The first-order chi connectivity index (χ1) is 16.4. The number of nitrogens with zero attached hydrogens (tertiary/aromatic N) is 3. The molecule has 0 aliphatic heterocycles. The number of benzene rings is 2. The summed E-state index contributed by atoms with van der Waals surface area (Å²) in [4.78, 5) is 27.5. The lowest BCUT2D eigenvalue weighted by Gasteiger charge is -2.33. The highest BCUT2D eigenvalue weighted by Gasteiger charge is 2.32. The van der Waals surface area contributed by atoms with Crippen molar-refractivity contribution in [3.8, 4) is 0 Å². The molecule has 2 aromatic carbocycles. The molecule has 2 aromatic rings. The van der Waals surface area contributed by atoms with E-state index in [1.54, 1.807) is 19.1 Å². The van der Waals surface area contributed by atoms with Crippen molar-refractivity contribution < 1.29 is 22.4 Å². The van der Waals surface area contributed by atoms with Crippen molar-refractivity contribution in [1.82, 2.24) is 14.5 Å². The van der Waals surface area contributed by atoms with Crippen LogP contribution in [0.3, 0.4) is 0 Å². The van der Waals surface area contributed by atoms with Crippen LogP contribution in [-0.4, -0.2) is 62.7 Å². The molecule has 0 heterocycles. The van der Waals surface area contributed by atoms with E-state index < -0.39 is 40.4 Å². The second kappa shape index (κ2) is 12.5. The summed E-state index contributed by atoms with van der Waals surface area (Å²) in [5.41, 5.74) is 0.629. The predicted molar refractivity (Wildman–Crippen MR) is 136 cm³/mol. The van der Waals surface area contributed by atoms with Crippen LogP contribution in [0.1, 0.15) is 25.8 Å². The fraction of sp³-hybridized carbons (Fsp3) is 0.391. The Balaban J connectivity index is 2.46. The second-order valence-corrected chi connectivity index (χ2v) is 10.9. The highest BCUT2D eigenvalue weighted by atomic mass is 35.5. The molecule has 192 valence electrons. The summed E-state index contributed by atoms with van der Waals surface area (Å²) in [6, 6.07) is 8.56. The Morgan fingerprint density at radius 2 is 1.71 bits per heavy atom. The van der Waals surface area contributed by atoms with Gasteiger partial charge in [-0.2, -0.15) is 12.7 Å². The summed E-state index contributed by atoms with van der Waals surface area (Å²) in [6.45, 7) is 3.19. The first kappa shape index (κ1) is 28.8. The average Bonchev–Trinajstić information content (AvgIpc) is 2.80. The van der Waals surface area contributed by atoms with Crippen LogP contribution in [0, 0.1) is 5.82 Å². The van der Waals surface area contributed by atoms with Crippen molar-refractivity contribution in [3.05, 3.63) is 63.9 Å². The van der Waals surface area contributed by atoms with Crippen LogP contribution in [0.25, 0.3) is 0 Å². The van der Waals surface area contributed by atoms with Gasteiger partial charge in [0.15, 0.2) is 0 Å². The number of hydrogen-bond donors (Lipinski definition) is 1. The molecule has 0 fully saturated rings. The summed E-state index contributed by atoms with van der Waals surface area (Å²) in [7, 11) is -1.48. The van der Waals surface area contributed by atoms with Gasteiger partial charge >= 0.3 is 10.2 Å². The van der Waals surface area contributed by atoms with Crippen LogP contribution in [0.2, 0.25) is 10.0 Å². The molecule has 12 heteroatoms. The summed E-state index contributed by atoms with van der Waals surface area (Å²) in [5.74, 6) is -1.60. The third kappa shape index (κ3) is 7.54. The number of amides is 2. The van der Waals surface area contributed by atoms with Gasteiger partial charge in [-0.05, 0) is 55.3 Å². The molecule has 0 aliphatic rings. The van der Waals surface area contributed by atoms with Crippen molar-refractivity contribution in [2.45, 2.75) is 32.9 Å². The molecule has 0 radical (unpaired) electrons. The molecule has 0 spiro atoms. The normalized spacial score (nSPS) is 12.3. The molecule has 0 unspecified atom stereocenters. The van der Waals surface area contributed by atoms with Gasteiger partial charge in [0.05, 0.1) is 5.69 Å². The van der Waals surface area contributed by atoms with E-state index in [9.17, 15) is 22.4 Å². The molecule has 0 saturated heterocycles. The van der Waals surface area contributed by atoms with E-state index in [-0.39, 0.29) is 12.2 Å². The minimum Gasteiger partial charge on any atom is -0.354 e. The molecule has 0 saturated carbocycles. The monoisotopic (exact) mass is 546 g/mol. The lowest BCUT2D eigenvalue weighted by Crippen LogP contribution is -2.52. The molecule has 8 nitrogen and oxygen atoms in total. The zero-order valence-corrected chi connectivity index (χ0v) is 22.3. The lowest BCUT2D eigenvalue weighted by atomic mass is 10.1. The Kier molecular flexibility index (Phi) is 10.3. The van der Waals surface area contributed by atoms with E-state index in [0.29, 0.717) is 28.6 Å². The third-order valence-electron chi connectivity index (χ3n) is 5.21. The highest BCUT2D eigenvalue weighted by molar-refractivity contribution is 7.90. The zero-order valence-electron chi connectivity index (χ0n) is 20.0. The van der Waals surface area contributed by atoms with Gasteiger partial charge in [-0.1, -0.05) is 36.2 Å². The number of hydrogen-bond acceptors (Lipinski definition) is 4. The lowest BCUT2D eigenvalue weighted by molar-refractivity contribution is -0.139. The van der Waals surface area contributed by atoms with E-state index in [4.69, 9.17) is 23.2 Å². The number of rotatable bonds is 11. The van der Waals surface area contributed by atoms with Gasteiger partial charge in [-0.3, -0.25) is 9.59 Å². The Morgan fingerprint density at radius 1 is 1.09 bits per heavy atom. The number of anilines is 1. The molecule has 0 aliphatic carbocycles. The van der Waals surface area contributed by atoms with Gasteiger partial charge in [-0.15, -0.1) is 0 Å². The molecule has 1 N–H and O–H groups in total. The molecule has 0 aromatic heterocycles. The Bertz CT molecular complexity index is 1150. The Morgan fingerprint density at radius 3 is 2.26 bits per heavy atom. The van der Waals surface area contributed by atoms with Crippen molar-refractivity contribution in [1.29, 1.82) is 0 Å². The van der Waals surface area contributed by atoms with Crippen molar-refractivity contribution in [2.24, 2.45) is 0 Å². The first-order valence-electron chi connectivity index (χ1n) is 10.8. The smallest absolute Gasteiger partial charge is 0.304 e. The van der Waals surface area contributed by atoms with Crippen molar-refractivity contribution in [3.63, 3.8) is 0 Å². The molecule has 0 bridgehead atoms. The van der Waals surface area contributed by atoms with Gasteiger partial charge in [0.1, 0.15) is 18.4 Å². The molecule has 2 amide bonds. The minimum absolute atomic E-state index is 0.0607. The number of carbonyl (C=O) groups is 2. The Labute approximate surface area is 215 Å². The molecule has 1 atom stereocenters. The molecular formula is C23H29Cl2FN4O4S. The third-order valence-corrected chi connectivity index (χ3v) is 7.61. The van der Waals surface area contributed by atoms with Gasteiger partial charge in [-0.25, -0.2) is 8.70 Å². The number of nitrogens with one attached hydrogen (secondary N) is 1. The van der Waals surface area contributed by atoms with Gasteiger partial charge in [0.2, 0.25) is 11.8 Å². The van der Waals surface area contributed by atoms with E-state index in [1.807, 2.05) is 6.92 Å². The average molecular weight is 547 g/mol. The van der Waals surface area contributed by atoms with E-state index in [1.165, 1.54) is 37.2 Å². The molecule has 35 heavy (non-hydrogen) atoms. The van der Waals surface area contributed by atoms with Crippen LogP contribution in [-0.2, 0) is 26.3 Å². The highest BCUT2D eigenvalue weighted by Crippen LogP contribution is 2.25.